The number of aromatic nitrogens is 2. The van der Waals surface area contributed by atoms with Crippen molar-refractivity contribution in [1.82, 2.24) is 9.97 Å². The van der Waals surface area contributed by atoms with Gasteiger partial charge >= 0.3 is 7.12 Å². The number of pyridine rings is 2. The lowest BCUT2D eigenvalue weighted by Crippen LogP contribution is -2.41. The molecular weight excluding hydrogens is 469 g/mol. The van der Waals surface area contributed by atoms with E-state index in [0.717, 1.165) is 0 Å². The average molecular weight is 491 g/mol. The number of hydrogen-bond donors (Lipinski definition) is 0. The van der Waals surface area contributed by atoms with Crippen LogP contribution in [0.4, 0.5) is 8.78 Å². The van der Waals surface area contributed by atoms with E-state index >= 15 is 0 Å². The first-order chi connectivity index (χ1) is 13.0. The Morgan fingerprint density at radius 1 is 0.857 bits per heavy atom. The molecule has 0 amide bonds. The fourth-order valence-electron chi connectivity index (χ4n) is 2.20. The van der Waals surface area contributed by atoms with Crippen LogP contribution in [0.15, 0.2) is 38.8 Å². The zero-order valence-electron chi connectivity index (χ0n) is 16.5. The van der Waals surface area contributed by atoms with Gasteiger partial charge < -0.3 is 9.31 Å². The monoisotopic (exact) mass is 490 g/mol. The summed E-state index contributed by atoms with van der Waals surface area (Å²) in [5.41, 5.74) is -0.587. The van der Waals surface area contributed by atoms with E-state index in [0.29, 0.717) is 20.0 Å². The molecule has 1 fully saturated rings. The molecule has 3 heterocycles. The molecule has 1 aliphatic heterocycles. The van der Waals surface area contributed by atoms with Crippen molar-refractivity contribution in [2.75, 3.05) is 12.5 Å². The Morgan fingerprint density at radius 2 is 1.32 bits per heavy atom. The predicted octanol–water partition coefficient (Wildman–Crippen LogP) is 4.95. The van der Waals surface area contributed by atoms with Crippen LogP contribution in [0.3, 0.4) is 0 Å². The normalized spacial score (nSPS) is 17.2. The Labute approximate surface area is 181 Å². The summed E-state index contributed by atoms with van der Waals surface area (Å²) in [6.45, 7) is 7.76. The summed E-state index contributed by atoms with van der Waals surface area (Å²) in [5, 5.41) is 1.34. The molecule has 2 aromatic heterocycles. The average Bonchev–Trinajstić information content (AvgIpc) is 2.85. The van der Waals surface area contributed by atoms with Crippen molar-refractivity contribution < 1.29 is 18.1 Å². The number of nitrogens with zero attached hydrogens (tertiary/aromatic N) is 2. The van der Waals surface area contributed by atoms with Crippen LogP contribution >= 0.6 is 39.5 Å². The molecule has 2 aromatic rings. The number of hydrogen-bond acceptors (Lipinski definition) is 6. The van der Waals surface area contributed by atoms with Gasteiger partial charge in [-0.25, -0.2) is 9.97 Å². The van der Waals surface area contributed by atoms with Gasteiger partial charge in [0.25, 0.3) is 0 Å². The maximum atomic E-state index is 13.9. The fraction of sp³-hybridized carbons (Fsp3) is 0.444. The maximum Gasteiger partial charge on any atom is 0.499 e. The standard InChI is InChI=1S/C12H17BFNO2S.C6H5BrFNS/c1-11(2)12(3,4)17-13(16-11)8-6-7-9(18-5)15-10(8)14;1-10-5-3-2-4(7)6(8)9-5/h6-7H,1-5H3;2-3H,1H3. The van der Waals surface area contributed by atoms with Gasteiger partial charge in [-0.2, -0.15) is 8.78 Å². The van der Waals surface area contributed by atoms with Gasteiger partial charge in [-0.15, -0.1) is 23.5 Å². The summed E-state index contributed by atoms with van der Waals surface area (Å²) < 4.78 is 38.5. The lowest BCUT2D eigenvalue weighted by atomic mass is 9.80. The lowest BCUT2D eigenvalue weighted by molar-refractivity contribution is 0.00578. The van der Waals surface area contributed by atoms with Crippen molar-refractivity contribution in [3.05, 3.63) is 40.6 Å². The van der Waals surface area contributed by atoms with E-state index < -0.39 is 30.2 Å². The van der Waals surface area contributed by atoms with Crippen LogP contribution in [-0.2, 0) is 9.31 Å². The van der Waals surface area contributed by atoms with Crippen molar-refractivity contribution in [2.45, 2.75) is 48.9 Å². The van der Waals surface area contributed by atoms with Crippen LogP contribution in [0.2, 0.25) is 0 Å². The second-order valence-electron chi connectivity index (χ2n) is 6.95. The molecule has 0 atom stereocenters. The van der Waals surface area contributed by atoms with Crippen LogP contribution in [0.1, 0.15) is 27.7 Å². The van der Waals surface area contributed by atoms with E-state index in [1.165, 1.54) is 23.5 Å². The summed E-state index contributed by atoms with van der Waals surface area (Å²) in [4.78, 5) is 7.51. The first-order valence-corrected chi connectivity index (χ1v) is 11.7. The Bertz CT molecular complexity index is 827. The summed E-state index contributed by atoms with van der Waals surface area (Å²) >= 11 is 5.83. The van der Waals surface area contributed by atoms with Crippen molar-refractivity contribution in [2.24, 2.45) is 0 Å². The summed E-state index contributed by atoms with van der Waals surface area (Å²) in [6.07, 6.45) is 3.71. The van der Waals surface area contributed by atoms with Crippen molar-refractivity contribution >= 4 is 52.0 Å². The molecular formula is C18H22BBrF2N2O2S2. The van der Waals surface area contributed by atoms with Gasteiger partial charge in [0.15, 0.2) is 0 Å². The highest BCUT2D eigenvalue weighted by Crippen LogP contribution is 2.36. The van der Waals surface area contributed by atoms with E-state index in [-0.39, 0.29) is 0 Å². The molecule has 10 heteroatoms. The number of thioether (sulfide) groups is 2. The highest BCUT2D eigenvalue weighted by molar-refractivity contribution is 9.10. The van der Waals surface area contributed by atoms with Gasteiger partial charge in [-0.1, -0.05) is 6.07 Å². The van der Waals surface area contributed by atoms with Crippen LogP contribution in [0.5, 0.6) is 0 Å². The summed E-state index contributed by atoms with van der Waals surface area (Å²) in [7, 11) is -0.696. The van der Waals surface area contributed by atoms with Crippen LogP contribution in [0, 0.1) is 11.9 Å². The molecule has 1 saturated heterocycles. The molecule has 4 nitrogen and oxygen atoms in total. The van der Waals surface area contributed by atoms with Crippen LogP contribution < -0.4 is 5.46 Å². The van der Waals surface area contributed by atoms with Crippen LogP contribution in [0.25, 0.3) is 0 Å². The Hall–Kier alpha value is -0.675. The summed E-state index contributed by atoms with van der Waals surface area (Å²) in [6, 6.07) is 6.86. The minimum Gasteiger partial charge on any atom is -0.399 e. The Morgan fingerprint density at radius 3 is 1.75 bits per heavy atom. The zero-order valence-corrected chi connectivity index (χ0v) is 19.8. The largest absolute Gasteiger partial charge is 0.499 e. The molecule has 0 saturated carbocycles. The lowest BCUT2D eigenvalue weighted by Gasteiger charge is -2.32. The van der Waals surface area contributed by atoms with E-state index in [1.54, 1.807) is 24.3 Å². The fourth-order valence-corrected chi connectivity index (χ4v) is 3.17. The first-order valence-electron chi connectivity index (χ1n) is 8.43. The highest BCUT2D eigenvalue weighted by atomic mass is 79.9. The number of rotatable bonds is 3. The molecule has 0 aromatic carbocycles. The van der Waals surface area contributed by atoms with E-state index in [1.807, 2.05) is 40.2 Å². The van der Waals surface area contributed by atoms with Crippen LogP contribution in [-0.4, -0.2) is 40.8 Å². The van der Waals surface area contributed by atoms with E-state index in [9.17, 15) is 8.78 Å². The minimum absolute atomic E-state index is 0.353. The molecule has 1 aliphatic rings. The van der Waals surface area contributed by atoms with Gasteiger partial charge in [0.2, 0.25) is 11.9 Å². The molecule has 3 rings (SSSR count). The third-order valence-electron chi connectivity index (χ3n) is 4.56. The molecule has 0 radical (unpaired) electrons. The third kappa shape index (κ3) is 5.47. The van der Waals surface area contributed by atoms with Crippen molar-refractivity contribution in [1.29, 1.82) is 0 Å². The molecule has 0 bridgehead atoms. The quantitative estimate of drug-likeness (QED) is 0.344. The van der Waals surface area contributed by atoms with Gasteiger partial charge in [0, 0.05) is 5.46 Å². The van der Waals surface area contributed by atoms with E-state index in [2.05, 4.69) is 25.9 Å². The van der Waals surface area contributed by atoms with Crippen molar-refractivity contribution in [3.8, 4) is 0 Å². The molecule has 28 heavy (non-hydrogen) atoms. The van der Waals surface area contributed by atoms with E-state index in [4.69, 9.17) is 9.31 Å². The van der Waals surface area contributed by atoms with Gasteiger partial charge in [-0.3, -0.25) is 0 Å². The maximum absolute atomic E-state index is 13.9. The summed E-state index contributed by atoms with van der Waals surface area (Å²) in [5.74, 6) is -0.979. The predicted molar refractivity (Wildman–Crippen MR) is 115 cm³/mol. The smallest absolute Gasteiger partial charge is 0.399 e. The molecule has 0 N–H and O–H groups in total. The Balaban J connectivity index is 0.000000237. The molecule has 0 unspecified atom stereocenters. The van der Waals surface area contributed by atoms with Crippen molar-refractivity contribution in [3.63, 3.8) is 0 Å². The molecule has 0 spiro atoms. The Kier molecular flexibility index (Phi) is 7.94. The van der Waals surface area contributed by atoms with Gasteiger partial charge in [0.05, 0.1) is 25.7 Å². The highest BCUT2D eigenvalue weighted by Gasteiger charge is 2.52. The topological polar surface area (TPSA) is 44.2 Å². The molecule has 0 aliphatic carbocycles. The SMILES string of the molecule is CSc1ccc(B2OC(C)(C)C(C)(C)O2)c(F)n1.CSc1ccc(Br)c(F)n1. The van der Waals surface area contributed by atoms with Gasteiger partial charge in [0.1, 0.15) is 0 Å². The van der Waals surface area contributed by atoms with Gasteiger partial charge in [-0.05, 0) is 74.3 Å². The minimum atomic E-state index is -0.696. The second-order valence-corrected chi connectivity index (χ2v) is 9.46. The zero-order chi connectivity index (χ0) is 21.1. The second kappa shape index (κ2) is 9.42. The number of halogens is 3. The first kappa shape index (κ1) is 23.6. The molecule has 152 valence electrons. The third-order valence-corrected chi connectivity index (χ3v) is 6.44.